The second-order valence-corrected chi connectivity index (χ2v) is 14.2. The molecule has 234 valence electrons. The second-order valence-electron chi connectivity index (χ2n) is 13.0. The van der Waals surface area contributed by atoms with Gasteiger partial charge in [0.25, 0.3) is 0 Å². The van der Waals surface area contributed by atoms with Crippen molar-refractivity contribution >= 4 is 39.3 Å². The summed E-state index contributed by atoms with van der Waals surface area (Å²) >= 11 is 3.80. The molecule has 3 unspecified atom stereocenters. The van der Waals surface area contributed by atoms with Gasteiger partial charge in [-0.1, -0.05) is 79.4 Å². The molecule has 3 heterocycles. The number of amides is 3. The van der Waals surface area contributed by atoms with E-state index >= 15 is 0 Å². The summed E-state index contributed by atoms with van der Waals surface area (Å²) in [5, 5.41) is 10.6. The highest BCUT2D eigenvalue weighted by Gasteiger charge is 2.77. The smallest absolute Gasteiger partial charge is 0.248 e. The summed E-state index contributed by atoms with van der Waals surface area (Å²) in [4.78, 5) is 49.0. The Hall–Kier alpha value is -2.49. The maximum Gasteiger partial charge on any atom is 0.248 e. The third kappa shape index (κ3) is 5.61. The molecule has 0 aromatic heterocycles. The topological polar surface area (TPSA) is 90.4 Å². The number of carbonyl (C=O) groups excluding carboxylic acids is 3. The van der Waals surface area contributed by atoms with Crippen molar-refractivity contribution in [3.63, 3.8) is 0 Å². The van der Waals surface area contributed by atoms with Gasteiger partial charge in [0.1, 0.15) is 11.6 Å². The zero-order valence-electron chi connectivity index (χ0n) is 25.4. The molecule has 0 radical (unpaired) electrons. The van der Waals surface area contributed by atoms with E-state index in [0.717, 1.165) is 32.1 Å². The molecule has 7 atom stereocenters. The second kappa shape index (κ2) is 13.2. The predicted molar refractivity (Wildman–Crippen MR) is 171 cm³/mol. The van der Waals surface area contributed by atoms with E-state index in [1.807, 2.05) is 49.1 Å². The van der Waals surface area contributed by atoms with Crippen molar-refractivity contribution in [2.24, 2.45) is 17.8 Å². The number of para-hydroxylation sites is 1. The molecule has 1 aromatic carbocycles. The van der Waals surface area contributed by atoms with Gasteiger partial charge in [0.05, 0.1) is 30.6 Å². The van der Waals surface area contributed by atoms with Crippen molar-refractivity contribution in [2.75, 3.05) is 24.6 Å². The molecule has 4 fully saturated rings. The Morgan fingerprint density at radius 2 is 1.79 bits per heavy atom. The number of likely N-dealkylation sites (tertiary alicyclic amines) is 1. The van der Waals surface area contributed by atoms with E-state index in [1.54, 1.807) is 22.0 Å². The minimum absolute atomic E-state index is 0.0568. The summed E-state index contributed by atoms with van der Waals surface area (Å²) in [6.07, 6.45) is 8.91. The molecule has 1 aliphatic carbocycles. The maximum absolute atomic E-state index is 14.9. The minimum Gasteiger partial charge on any atom is -0.394 e. The van der Waals surface area contributed by atoms with Crippen molar-refractivity contribution in [1.29, 1.82) is 0 Å². The number of fused-ring (bicyclic) bond motifs is 1. The molecule has 3 saturated heterocycles. The van der Waals surface area contributed by atoms with E-state index in [2.05, 4.69) is 29.1 Å². The third-order valence-corrected chi connectivity index (χ3v) is 10.7. The Morgan fingerprint density at radius 3 is 2.40 bits per heavy atom. The molecular formula is C34H46BrN3O5. The number of carbonyl (C=O) groups is 3. The number of hydrogen-bond donors (Lipinski definition) is 1. The van der Waals surface area contributed by atoms with Crippen LogP contribution >= 0.6 is 15.9 Å². The van der Waals surface area contributed by atoms with Crippen LogP contribution in [-0.2, 0) is 19.1 Å². The Morgan fingerprint density at radius 1 is 1.12 bits per heavy atom. The zero-order chi connectivity index (χ0) is 30.9. The molecule has 1 N–H and O–H groups in total. The van der Waals surface area contributed by atoms with Gasteiger partial charge in [-0.3, -0.25) is 14.4 Å². The van der Waals surface area contributed by atoms with Gasteiger partial charge in [-0.2, -0.15) is 0 Å². The lowest BCUT2D eigenvalue weighted by molar-refractivity contribution is -0.153. The highest BCUT2D eigenvalue weighted by atomic mass is 79.9. The molecule has 4 aliphatic rings. The van der Waals surface area contributed by atoms with E-state index in [-0.39, 0.29) is 47.7 Å². The standard InChI is InChI=1S/C34H46BrN3O5/c1-5-17-36(23-13-9-7-10-14-23)31(40)27-28-32(41)38(25(21-39)19-22(3)4)30(34(28)20-26(35)29(27)43-34)33(42)37(18-6-2)24-15-11-8-12-16-24/h5-7,9-10,13-14,22,24-30,39H,1-2,8,11-12,15-21H2,3-4H3/t25-,26?,27-,28+,29-,30?,34?/m1/s1. The predicted octanol–water partition coefficient (Wildman–Crippen LogP) is 4.71. The van der Waals surface area contributed by atoms with Gasteiger partial charge in [-0.15, -0.1) is 13.2 Å². The number of halogens is 1. The first kappa shape index (κ1) is 31.9. The normalized spacial score (nSPS) is 30.8. The lowest BCUT2D eigenvalue weighted by Crippen LogP contribution is -2.60. The lowest BCUT2D eigenvalue weighted by atomic mass is 9.70. The number of alkyl halides is 1. The van der Waals surface area contributed by atoms with E-state index in [9.17, 15) is 19.5 Å². The maximum atomic E-state index is 14.9. The van der Waals surface area contributed by atoms with Crippen LogP contribution in [0.5, 0.6) is 0 Å². The molecule has 3 aliphatic heterocycles. The van der Waals surface area contributed by atoms with Gasteiger partial charge in [0.2, 0.25) is 17.7 Å². The highest BCUT2D eigenvalue weighted by Crippen LogP contribution is 2.61. The van der Waals surface area contributed by atoms with Gasteiger partial charge in [-0.25, -0.2) is 0 Å². The Kier molecular flexibility index (Phi) is 9.83. The Labute approximate surface area is 264 Å². The van der Waals surface area contributed by atoms with Crippen LogP contribution in [0.1, 0.15) is 58.8 Å². The lowest BCUT2D eigenvalue weighted by Gasteiger charge is -2.42. The average molecular weight is 657 g/mol. The van der Waals surface area contributed by atoms with Crippen LogP contribution in [-0.4, -0.2) is 87.0 Å². The van der Waals surface area contributed by atoms with Gasteiger partial charge in [-0.05, 0) is 43.7 Å². The first-order chi connectivity index (χ1) is 20.7. The number of hydrogen-bond acceptors (Lipinski definition) is 5. The molecule has 2 bridgehead atoms. The van der Waals surface area contributed by atoms with Crippen LogP contribution in [0, 0.1) is 17.8 Å². The van der Waals surface area contributed by atoms with Crippen molar-refractivity contribution < 1.29 is 24.2 Å². The SMILES string of the molecule is C=CCN(C(=O)[C@H]1[C@@H]2OC3(CC2Br)C(C(=O)N(CC=C)C2CCCCC2)N([C@@H](CO)CC(C)C)C(=O)[C@H]13)c1ccccc1. The Bertz CT molecular complexity index is 1200. The van der Waals surface area contributed by atoms with Crippen LogP contribution in [0.25, 0.3) is 0 Å². The van der Waals surface area contributed by atoms with Crippen molar-refractivity contribution in [2.45, 2.75) is 93.5 Å². The number of anilines is 1. The third-order valence-electron chi connectivity index (χ3n) is 9.86. The summed E-state index contributed by atoms with van der Waals surface area (Å²) in [5.41, 5.74) is -0.463. The molecule has 5 rings (SSSR count). The fraction of sp³-hybridized carbons (Fsp3) is 0.618. The molecular weight excluding hydrogens is 610 g/mol. The molecule has 8 nitrogen and oxygen atoms in total. The molecule has 43 heavy (non-hydrogen) atoms. The first-order valence-corrected chi connectivity index (χ1v) is 16.7. The van der Waals surface area contributed by atoms with Crippen molar-refractivity contribution in [3.8, 4) is 0 Å². The van der Waals surface area contributed by atoms with Crippen molar-refractivity contribution in [3.05, 3.63) is 55.6 Å². The Balaban J connectivity index is 1.60. The molecule has 1 aromatic rings. The monoisotopic (exact) mass is 655 g/mol. The van der Waals surface area contributed by atoms with Gasteiger partial charge in [0.15, 0.2) is 0 Å². The van der Waals surface area contributed by atoms with E-state index in [0.29, 0.717) is 25.1 Å². The average Bonchev–Trinajstić information content (AvgIpc) is 3.60. The summed E-state index contributed by atoms with van der Waals surface area (Å²) in [6, 6.07) is 7.93. The van der Waals surface area contributed by atoms with E-state index in [1.165, 1.54) is 0 Å². The number of aliphatic hydroxyl groups excluding tert-OH is 1. The summed E-state index contributed by atoms with van der Waals surface area (Å²) in [6.45, 7) is 12.3. The van der Waals surface area contributed by atoms with Crippen LogP contribution in [0.15, 0.2) is 55.6 Å². The molecule has 1 spiro atoms. The van der Waals surface area contributed by atoms with E-state index < -0.39 is 35.6 Å². The summed E-state index contributed by atoms with van der Waals surface area (Å²) < 4.78 is 6.81. The van der Waals surface area contributed by atoms with Crippen molar-refractivity contribution in [1.82, 2.24) is 9.80 Å². The first-order valence-electron chi connectivity index (χ1n) is 15.8. The van der Waals surface area contributed by atoms with Gasteiger partial charge >= 0.3 is 0 Å². The fourth-order valence-electron chi connectivity index (χ4n) is 8.19. The zero-order valence-corrected chi connectivity index (χ0v) is 27.0. The number of rotatable bonds is 12. The minimum atomic E-state index is -1.18. The van der Waals surface area contributed by atoms with E-state index in [4.69, 9.17) is 4.74 Å². The number of nitrogens with zero attached hydrogens (tertiary/aromatic N) is 3. The summed E-state index contributed by atoms with van der Waals surface area (Å²) in [7, 11) is 0. The molecule has 9 heteroatoms. The fourth-order valence-corrected chi connectivity index (χ4v) is 9.13. The quantitative estimate of drug-likeness (QED) is 0.260. The number of benzene rings is 1. The number of aliphatic hydroxyl groups is 1. The van der Waals surface area contributed by atoms with Crippen LogP contribution in [0.4, 0.5) is 5.69 Å². The number of ether oxygens (including phenoxy) is 1. The van der Waals surface area contributed by atoms with Crippen LogP contribution in [0.3, 0.4) is 0 Å². The van der Waals surface area contributed by atoms with Crippen LogP contribution < -0.4 is 4.90 Å². The highest BCUT2D eigenvalue weighted by molar-refractivity contribution is 9.09. The molecule has 3 amide bonds. The van der Waals surface area contributed by atoms with Gasteiger partial charge in [0, 0.05) is 29.6 Å². The van der Waals surface area contributed by atoms with Gasteiger partial charge < -0.3 is 24.5 Å². The largest absolute Gasteiger partial charge is 0.394 e. The summed E-state index contributed by atoms with van der Waals surface area (Å²) in [5.74, 6) is -2.08. The molecule has 1 saturated carbocycles. The van der Waals surface area contributed by atoms with Crippen LogP contribution in [0.2, 0.25) is 0 Å².